The van der Waals surface area contributed by atoms with Crippen LogP contribution in [0.25, 0.3) is 6.08 Å². The summed E-state index contributed by atoms with van der Waals surface area (Å²) in [7, 11) is 0. The molecule has 0 aromatic heterocycles. The Morgan fingerprint density at radius 2 is 1.69 bits per heavy atom. The number of carbonyl (C=O) groups excluding carboxylic acids is 1. The molecule has 26 heavy (non-hydrogen) atoms. The lowest BCUT2D eigenvalue weighted by Crippen LogP contribution is -2.07. The van der Waals surface area contributed by atoms with E-state index in [-0.39, 0.29) is 5.91 Å². The summed E-state index contributed by atoms with van der Waals surface area (Å²) in [4.78, 5) is 12.0. The van der Waals surface area contributed by atoms with E-state index in [0.717, 1.165) is 16.9 Å². The molecule has 0 saturated heterocycles. The highest BCUT2D eigenvalue weighted by Gasteiger charge is 2.01. The summed E-state index contributed by atoms with van der Waals surface area (Å²) in [6.45, 7) is 2.02. The highest BCUT2D eigenvalue weighted by Crippen LogP contribution is 2.23. The van der Waals surface area contributed by atoms with Gasteiger partial charge in [-0.2, -0.15) is 0 Å². The van der Waals surface area contributed by atoms with Gasteiger partial charge in [0.15, 0.2) is 0 Å². The van der Waals surface area contributed by atoms with Gasteiger partial charge in [-0.25, -0.2) is 0 Å². The lowest BCUT2D eigenvalue weighted by atomic mass is 10.2. The molecule has 0 heterocycles. The molecule has 3 aromatic rings. The van der Waals surface area contributed by atoms with Crippen LogP contribution >= 0.6 is 11.6 Å². The van der Waals surface area contributed by atoms with Crippen molar-refractivity contribution in [1.29, 1.82) is 0 Å². The quantitative estimate of drug-likeness (QED) is 0.557. The summed E-state index contributed by atoms with van der Waals surface area (Å²) in [6.07, 6.45) is 3.22. The number of rotatable bonds is 5. The number of nitrogens with one attached hydrogen (secondary N) is 1. The SMILES string of the molecule is Cc1cccc(Oc2ccc(NC(=O)/C=C/c3ccc(Cl)cc3)cc2)c1. The Labute approximate surface area is 157 Å². The highest BCUT2D eigenvalue weighted by molar-refractivity contribution is 6.30. The molecule has 0 saturated carbocycles. The summed E-state index contributed by atoms with van der Waals surface area (Å²) in [6, 6.07) is 22.4. The summed E-state index contributed by atoms with van der Waals surface area (Å²) < 4.78 is 5.80. The average molecular weight is 364 g/mol. The van der Waals surface area contributed by atoms with Gasteiger partial charge >= 0.3 is 0 Å². The van der Waals surface area contributed by atoms with E-state index in [2.05, 4.69) is 5.32 Å². The Hall–Kier alpha value is -3.04. The van der Waals surface area contributed by atoms with Gasteiger partial charge in [0.1, 0.15) is 11.5 Å². The first-order chi connectivity index (χ1) is 12.6. The average Bonchev–Trinajstić information content (AvgIpc) is 2.63. The van der Waals surface area contributed by atoms with Crippen LogP contribution in [-0.2, 0) is 4.79 Å². The molecule has 1 N–H and O–H groups in total. The fourth-order valence-electron chi connectivity index (χ4n) is 2.35. The second-order valence-electron chi connectivity index (χ2n) is 5.82. The van der Waals surface area contributed by atoms with E-state index in [1.807, 2.05) is 55.5 Å². The normalized spacial score (nSPS) is 10.7. The maximum Gasteiger partial charge on any atom is 0.248 e. The van der Waals surface area contributed by atoms with Gasteiger partial charge in [-0.1, -0.05) is 35.9 Å². The van der Waals surface area contributed by atoms with Crippen LogP contribution in [0.3, 0.4) is 0 Å². The lowest BCUT2D eigenvalue weighted by Gasteiger charge is -2.08. The van der Waals surface area contributed by atoms with Crippen LogP contribution in [0.5, 0.6) is 11.5 Å². The third-order valence-electron chi connectivity index (χ3n) is 3.64. The van der Waals surface area contributed by atoms with Crippen molar-refractivity contribution in [3.8, 4) is 11.5 Å². The van der Waals surface area contributed by atoms with E-state index in [1.54, 1.807) is 30.3 Å². The number of amides is 1. The number of anilines is 1. The molecule has 0 bridgehead atoms. The molecule has 0 aliphatic carbocycles. The van der Waals surface area contributed by atoms with Crippen molar-refractivity contribution in [2.45, 2.75) is 6.92 Å². The zero-order chi connectivity index (χ0) is 18.4. The molecule has 3 nitrogen and oxygen atoms in total. The zero-order valence-electron chi connectivity index (χ0n) is 14.3. The van der Waals surface area contributed by atoms with E-state index in [1.165, 1.54) is 6.08 Å². The summed E-state index contributed by atoms with van der Waals surface area (Å²) in [5.74, 6) is 1.30. The van der Waals surface area contributed by atoms with E-state index in [4.69, 9.17) is 16.3 Å². The van der Waals surface area contributed by atoms with Crippen LogP contribution < -0.4 is 10.1 Å². The molecule has 3 rings (SSSR count). The molecule has 130 valence electrons. The van der Waals surface area contributed by atoms with Crippen molar-refractivity contribution in [2.75, 3.05) is 5.32 Å². The van der Waals surface area contributed by atoms with Gasteiger partial charge in [0, 0.05) is 16.8 Å². The molecule has 0 fully saturated rings. The third kappa shape index (κ3) is 5.23. The number of benzene rings is 3. The first-order valence-corrected chi connectivity index (χ1v) is 8.55. The van der Waals surface area contributed by atoms with Crippen molar-refractivity contribution < 1.29 is 9.53 Å². The van der Waals surface area contributed by atoms with Gasteiger partial charge in [-0.15, -0.1) is 0 Å². The second-order valence-corrected chi connectivity index (χ2v) is 6.25. The Kier molecular flexibility index (Phi) is 5.72. The number of carbonyl (C=O) groups is 1. The molecule has 0 radical (unpaired) electrons. The van der Waals surface area contributed by atoms with Gasteiger partial charge in [-0.05, 0) is 72.7 Å². The van der Waals surface area contributed by atoms with Gasteiger partial charge in [0.2, 0.25) is 5.91 Å². The van der Waals surface area contributed by atoms with E-state index in [9.17, 15) is 4.79 Å². The predicted octanol–water partition coefficient (Wildman–Crippen LogP) is 6.09. The fraction of sp³-hybridized carbons (Fsp3) is 0.0455. The van der Waals surface area contributed by atoms with Crippen molar-refractivity contribution in [3.63, 3.8) is 0 Å². The molecule has 0 spiro atoms. The number of aryl methyl sites for hydroxylation is 1. The molecule has 0 unspecified atom stereocenters. The molecule has 3 aromatic carbocycles. The van der Waals surface area contributed by atoms with Crippen LogP contribution in [0.1, 0.15) is 11.1 Å². The minimum atomic E-state index is -0.202. The number of ether oxygens (including phenoxy) is 1. The Morgan fingerprint density at radius 1 is 0.962 bits per heavy atom. The molecule has 0 aliphatic rings. The Balaban J connectivity index is 1.58. The van der Waals surface area contributed by atoms with Gasteiger partial charge in [0.05, 0.1) is 0 Å². The molecule has 4 heteroatoms. The van der Waals surface area contributed by atoms with Crippen molar-refractivity contribution >= 4 is 29.3 Å². The monoisotopic (exact) mass is 363 g/mol. The van der Waals surface area contributed by atoms with E-state index >= 15 is 0 Å². The first-order valence-electron chi connectivity index (χ1n) is 8.18. The molecular formula is C22H18ClNO2. The van der Waals surface area contributed by atoms with Gasteiger partial charge in [0.25, 0.3) is 0 Å². The van der Waals surface area contributed by atoms with Crippen molar-refractivity contribution in [1.82, 2.24) is 0 Å². The van der Waals surface area contributed by atoms with Gasteiger partial charge in [-0.3, -0.25) is 4.79 Å². The molecular weight excluding hydrogens is 346 g/mol. The molecule has 0 aliphatic heterocycles. The van der Waals surface area contributed by atoms with E-state index in [0.29, 0.717) is 16.5 Å². The minimum Gasteiger partial charge on any atom is -0.457 e. The maximum atomic E-state index is 12.0. The first kappa shape index (κ1) is 17.8. The topological polar surface area (TPSA) is 38.3 Å². The third-order valence-corrected chi connectivity index (χ3v) is 3.90. The van der Waals surface area contributed by atoms with Crippen LogP contribution in [0, 0.1) is 6.92 Å². The maximum absolute atomic E-state index is 12.0. The van der Waals surface area contributed by atoms with Crippen LogP contribution in [0.15, 0.2) is 78.9 Å². The largest absolute Gasteiger partial charge is 0.457 e. The molecule has 1 amide bonds. The number of hydrogen-bond acceptors (Lipinski definition) is 2. The van der Waals surface area contributed by atoms with E-state index < -0.39 is 0 Å². The Bertz CT molecular complexity index is 916. The number of hydrogen-bond donors (Lipinski definition) is 1. The minimum absolute atomic E-state index is 0.202. The standard InChI is InChI=1S/C22H18ClNO2/c1-16-3-2-4-21(15-16)26-20-12-10-19(11-13-20)24-22(25)14-7-17-5-8-18(23)9-6-17/h2-15H,1H3,(H,24,25)/b14-7+. The van der Waals surface area contributed by atoms with Crippen LogP contribution in [-0.4, -0.2) is 5.91 Å². The summed E-state index contributed by atoms with van der Waals surface area (Å²) >= 11 is 5.84. The van der Waals surface area contributed by atoms with Crippen molar-refractivity contribution in [3.05, 3.63) is 95.0 Å². The van der Waals surface area contributed by atoms with Crippen LogP contribution in [0.4, 0.5) is 5.69 Å². The summed E-state index contributed by atoms with van der Waals surface area (Å²) in [5.41, 5.74) is 2.75. The summed E-state index contributed by atoms with van der Waals surface area (Å²) in [5, 5.41) is 3.48. The Morgan fingerprint density at radius 3 is 2.38 bits per heavy atom. The van der Waals surface area contributed by atoms with Gasteiger partial charge < -0.3 is 10.1 Å². The number of halogens is 1. The predicted molar refractivity (Wildman–Crippen MR) is 107 cm³/mol. The van der Waals surface area contributed by atoms with Crippen molar-refractivity contribution in [2.24, 2.45) is 0 Å². The fourth-order valence-corrected chi connectivity index (χ4v) is 2.48. The molecule has 0 atom stereocenters. The second kappa shape index (κ2) is 8.37. The highest BCUT2D eigenvalue weighted by atomic mass is 35.5. The van der Waals surface area contributed by atoms with Crippen LogP contribution in [0.2, 0.25) is 5.02 Å². The zero-order valence-corrected chi connectivity index (χ0v) is 15.0. The lowest BCUT2D eigenvalue weighted by molar-refractivity contribution is -0.111. The smallest absolute Gasteiger partial charge is 0.248 e.